The molecule has 0 aliphatic heterocycles. The summed E-state index contributed by atoms with van der Waals surface area (Å²) >= 11 is 0. The summed E-state index contributed by atoms with van der Waals surface area (Å²) in [5.41, 5.74) is 0. The van der Waals surface area contributed by atoms with Gasteiger partial charge >= 0.3 is 9.28 Å². The third kappa shape index (κ3) is 11.3. The van der Waals surface area contributed by atoms with E-state index in [4.69, 9.17) is 8.85 Å². The van der Waals surface area contributed by atoms with E-state index in [1.54, 1.807) is 0 Å². The molecule has 0 heterocycles. The standard InChI is InChI=1S/C17H39NO2Si/c1-6-10-12-18(13-11-7-2)17(5)16-21(19-14-8-3)20-15-9-4/h17,21H,6-16H2,1-5H3. The van der Waals surface area contributed by atoms with Gasteiger partial charge in [0.1, 0.15) is 0 Å². The van der Waals surface area contributed by atoms with Crippen LogP contribution in [0.25, 0.3) is 0 Å². The Balaban J connectivity index is 4.36. The number of nitrogens with zero attached hydrogens (tertiary/aromatic N) is 1. The highest BCUT2D eigenvalue weighted by atomic mass is 28.3. The van der Waals surface area contributed by atoms with E-state index in [2.05, 4.69) is 39.5 Å². The average molecular weight is 318 g/mol. The molecule has 0 amide bonds. The molecule has 0 bridgehead atoms. The second-order valence-electron chi connectivity index (χ2n) is 6.00. The normalized spacial score (nSPS) is 13.3. The third-order valence-electron chi connectivity index (χ3n) is 3.77. The van der Waals surface area contributed by atoms with Crippen molar-refractivity contribution in [2.45, 2.75) is 85.2 Å². The smallest absolute Gasteiger partial charge is 0.322 e. The lowest BCUT2D eigenvalue weighted by molar-refractivity contribution is 0.169. The van der Waals surface area contributed by atoms with E-state index >= 15 is 0 Å². The fraction of sp³-hybridized carbons (Fsp3) is 1.00. The molecule has 0 N–H and O–H groups in total. The molecular weight excluding hydrogens is 278 g/mol. The third-order valence-corrected chi connectivity index (χ3v) is 6.05. The maximum absolute atomic E-state index is 6.01. The van der Waals surface area contributed by atoms with E-state index in [0.717, 1.165) is 32.1 Å². The molecule has 1 atom stereocenters. The Kier molecular flexibility index (Phi) is 15.1. The van der Waals surface area contributed by atoms with Gasteiger partial charge in [-0.15, -0.1) is 0 Å². The maximum Gasteiger partial charge on any atom is 0.322 e. The van der Waals surface area contributed by atoms with Gasteiger partial charge in [0.05, 0.1) is 0 Å². The molecule has 0 aromatic heterocycles. The summed E-state index contributed by atoms with van der Waals surface area (Å²) in [5.74, 6) is 0. The highest BCUT2D eigenvalue weighted by Gasteiger charge is 2.21. The Hall–Kier alpha value is 0.0969. The molecule has 0 aromatic rings. The average Bonchev–Trinajstić information content (AvgIpc) is 2.49. The molecule has 0 rings (SSSR count). The van der Waals surface area contributed by atoms with Crippen LogP contribution < -0.4 is 0 Å². The van der Waals surface area contributed by atoms with E-state index in [9.17, 15) is 0 Å². The Morgan fingerprint density at radius 3 is 1.67 bits per heavy atom. The van der Waals surface area contributed by atoms with Crippen molar-refractivity contribution in [3.8, 4) is 0 Å². The lowest BCUT2D eigenvalue weighted by Gasteiger charge is -2.31. The van der Waals surface area contributed by atoms with E-state index in [1.807, 2.05) is 0 Å². The number of rotatable bonds is 15. The van der Waals surface area contributed by atoms with Gasteiger partial charge < -0.3 is 13.8 Å². The van der Waals surface area contributed by atoms with Gasteiger partial charge in [0.2, 0.25) is 0 Å². The molecule has 0 saturated heterocycles. The van der Waals surface area contributed by atoms with Crippen LogP contribution >= 0.6 is 0 Å². The predicted molar refractivity (Wildman–Crippen MR) is 95.3 cm³/mol. The van der Waals surface area contributed by atoms with Gasteiger partial charge in [-0.25, -0.2) is 0 Å². The van der Waals surface area contributed by atoms with E-state index in [1.165, 1.54) is 38.8 Å². The molecule has 128 valence electrons. The Morgan fingerprint density at radius 1 is 0.810 bits per heavy atom. The summed E-state index contributed by atoms with van der Waals surface area (Å²) in [6.45, 7) is 15.4. The van der Waals surface area contributed by atoms with Gasteiger partial charge in [0, 0.05) is 25.3 Å². The summed E-state index contributed by atoms with van der Waals surface area (Å²) in [6.07, 6.45) is 7.31. The molecule has 4 heteroatoms. The zero-order chi connectivity index (χ0) is 15.9. The minimum absolute atomic E-state index is 0.591. The van der Waals surface area contributed by atoms with Gasteiger partial charge in [0.15, 0.2) is 0 Å². The number of hydrogen-bond acceptors (Lipinski definition) is 3. The largest absolute Gasteiger partial charge is 0.396 e. The second-order valence-corrected chi connectivity index (χ2v) is 8.00. The van der Waals surface area contributed by atoms with Crippen LogP contribution in [0.15, 0.2) is 0 Å². The zero-order valence-electron chi connectivity index (χ0n) is 15.2. The summed E-state index contributed by atoms with van der Waals surface area (Å²) in [7, 11) is -1.49. The van der Waals surface area contributed by atoms with Crippen LogP contribution in [0, 0.1) is 0 Å². The quantitative estimate of drug-likeness (QED) is 0.419. The lowest BCUT2D eigenvalue weighted by Crippen LogP contribution is -2.39. The zero-order valence-corrected chi connectivity index (χ0v) is 16.4. The Morgan fingerprint density at radius 2 is 1.29 bits per heavy atom. The lowest BCUT2D eigenvalue weighted by atomic mass is 10.2. The van der Waals surface area contributed by atoms with Crippen molar-refractivity contribution in [1.82, 2.24) is 4.90 Å². The SMILES string of the molecule is CCCCN(CCCC)C(C)C[SiH](OCCC)OCCC. The molecule has 0 spiro atoms. The molecule has 0 aromatic carbocycles. The van der Waals surface area contributed by atoms with Gasteiger partial charge in [-0.1, -0.05) is 40.5 Å². The first-order chi connectivity index (χ1) is 10.2. The van der Waals surface area contributed by atoms with Gasteiger partial charge in [0.25, 0.3) is 0 Å². The summed E-state index contributed by atoms with van der Waals surface area (Å²) in [4.78, 5) is 2.65. The molecule has 0 aliphatic carbocycles. The summed E-state index contributed by atoms with van der Waals surface area (Å²) in [5, 5.41) is 0. The molecule has 0 aliphatic rings. The number of unbranched alkanes of at least 4 members (excludes halogenated alkanes) is 2. The topological polar surface area (TPSA) is 21.7 Å². The van der Waals surface area contributed by atoms with Crippen molar-refractivity contribution in [3.63, 3.8) is 0 Å². The van der Waals surface area contributed by atoms with Crippen LogP contribution in [-0.2, 0) is 8.85 Å². The highest BCUT2D eigenvalue weighted by Crippen LogP contribution is 2.13. The minimum Gasteiger partial charge on any atom is -0.396 e. The van der Waals surface area contributed by atoms with E-state index in [-0.39, 0.29) is 0 Å². The van der Waals surface area contributed by atoms with E-state index < -0.39 is 9.28 Å². The van der Waals surface area contributed by atoms with Crippen molar-refractivity contribution in [2.24, 2.45) is 0 Å². The van der Waals surface area contributed by atoms with Crippen LogP contribution in [0.2, 0.25) is 6.04 Å². The second kappa shape index (κ2) is 15.0. The Labute approximate surface area is 135 Å². The van der Waals surface area contributed by atoms with Gasteiger partial charge in [-0.2, -0.15) is 0 Å². The van der Waals surface area contributed by atoms with Gasteiger partial charge in [-0.05, 0) is 45.7 Å². The summed E-state index contributed by atoms with van der Waals surface area (Å²) in [6, 6.07) is 1.71. The first-order valence-corrected chi connectivity index (χ1v) is 10.9. The molecule has 21 heavy (non-hydrogen) atoms. The first kappa shape index (κ1) is 21.1. The molecule has 0 saturated carbocycles. The monoisotopic (exact) mass is 317 g/mol. The van der Waals surface area contributed by atoms with Crippen LogP contribution in [0.1, 0.15) is 73.1 Å². The fourth-order valence-corrected chi connectivity index (χ4v) is 4.61. The molecular formula is C17H39NO2Si. The maximum atomic E-state index is 6.01. The van der Waals surface area contributed by atoms with Crippen molar-refractivity contribution >= 4 is 9.28 Å². The molecule has 3 nitrogen and oxygen atoms in total. The van der Waals surface area contributed by atoms with Crippen LogP contribution in [0.5, 0.6) is 0 Å². The highest BCUT2D eigenvalue weighted by molar-refractivity contribution is 6.44. The van der Waals surface area contributed by atoms with Crippen molar-refractivity contribution in [3.05, 3.63) is 0 Å². The van der Waals surface area contributed by atoms with E-state index in [0.29, 0.717) is 6.04 Å². The fourth-order valence-electron chi connectivity index (χ4n) is 2.39. The first-order valence-electron chi connectivity index (χ1n) is 9.16. The molecule has 0 fully saturated rings. The number of hydrogen-bond donors (Lipinski definition) is 0. The van der Waals surface area contributed by atoms with Crippen LogP contribution in [-0.4, -0.2) is 46.5 Å². The van der Waals surface area contributed by atoms with Crippen molar-refractivity contribution in [2.75, 3.05) is 26.3 Å². The van der Waals surface area contributed by atoms with Gasteiger partial charge in [-0.3, -0.25) is 0 Å². The van der Waals surface area contributed by atoms with Crippen LogP contribution in [0.3, 0.4) is 0 Å². The minimum atomic E-state index is -1.49. The predicted octanol–water partition coefficient (Wildman–Crippen LogP) is 4.35. The molecule has 0 radical (unpaired) electrons. The van der Waals surface area contributed by atoms with Crippen LogP contribution in [0.4, 0.5) is 0 Å². The van der Waals surface area contributed by atoms with Crippen molar-refractivity contribution in [1.29, 1.82) is 0 Å². The summed E-state index contributed by atoms with van der Waals surface area (Å²) < 4.78 is 12.0. The van der Waals surface area contributed by atoms with Crippen molar-refractivity contribution < 1.29 is 8.85 Å². The molecule has 1 unspecified atom stereocenters. The Bertz CT molecular complexity index is 201.